The standard InChI is InChI=1S/C23H18N4OS2/c28-21(11-16-13-29-22(25-16)10-15-6-2-1-3-7-15)27-23-26-20(14-30-23)18-12-24-19-9-5-4-8-17(18)19/h1-9,12-14,24H,10-11H2,(H,26,27,28). The zero-order valence-corrected chi connectivity index (χ0v) is 17.6. The SMILES string of the molecule is O=C(Cc1csc(Cc2ccccc2)n1)Nc1nc(-c2c[nH]c3ccccc23)cs1. The molecule has 148 valence electrons. The van der Waals surface area contributed by atoms with Crippen LogP contribution in [0.5, 0.6) is 0 Å². The van der Waals surface area contributed by atoms with Crippen molar-refractivity contribution in [2.45, 2.75) is 12.8 Å². The number of aromatic nitrogens is 3. The number of nitrogens with one attached hydrogen (secondary N) is 2. The quantitative estimate of drug-likeness (QED) is 0.373. The maximum Gasteiger partial charge on any atom is 0.232 e. The highest BCUT2D eigenvalue weighted by atomic mass is 32.1. The first kappa shape index (κ1) is 18.7. The van der Waals surface area contributed by atoms with Crippen LogP contribution in [0.25, 0.3) is 22.2 Å². The highest BCUT2D eigenvalue weighted by molar-refractivity contribution is 7.14. The Morgan fingerprint density at radius 2 is 1.80 bits per heavy atom. The molecular weight excluding hydrogens is 412 g/mol. The van der Waals surface area contributed by atoms with Crippen molar-refractivity contribution in [2.24, 2.45) is 0 Å². The smallest absolute Gasteiger partial charge is 0.232 e. The van der Waals surface area contributed by atoms with Crippen molar-refractivity contribution in [3.8, 4) is 11.3 Å². The van der Waals surface area contributed by atoms with Gasteiger partial charge in [-0.25, -0.2) is 9.97 Å². The Bertz CT molecular complexity index is 1300. The summed E-state index contributed by atoms with van der Waals surface area (Å²) in [4.78, 5) is 24.9. The highest BCUT2D eigenvalue weighted by Crippen LogP contribution is 2.31. The lowest BCUT2D eigenvalue weighted by Gasteiger charge is -2.00. The lowest BCUT2D eigenvalue weighted by atomic mass is 10.1. The third kappa shape index (κ3) is 4.03. The molecule has 5 aromatic rings. The normalized spacial score (nSPS) is 11.1. The number of thiazole rings is 2. The second-order valence-corrected chi connectivity index (χ2v) is 8.71. The minimum atomic E-state index is -0.105. The fraction of sp³-hybridized carbons (Fsp3) is 0.0870. The summed E-state index contributed by atoms with van der Waals surface area (Å²) < 4.78 is 0. The van der Waals surface area contributed by atoms with Gasteiger partial charge in [-0.2, -0.15) is 0 Å². The number of fused-ring (bicyclic) bond motifs is 1. The minimum Gasteiger partial charge on any atom is -0.360 e. The van der Waals surface area contributed by atoms with Crippen molar-refractivity contribution < 1.29 is 4.79 Å². The van der Waals surface area contributed by atoms with E-state index in [1.807, 2.05) is 53.4 Å². The number of hydrogen-bond acceptors (Lipinski definition) is 5. The lowest BCUT2D eigenvalue weighted by Crippen LogP contribution is -2.14. The van der Waals surface area contributed by atoms with Gasteiger partial charge in [0.05, 0.1) is 22.8 Å². The summed E-state index contributed by atoms with van der Waals surface area (Å²) >= 11 is 3.02. The molecule has 0 aliphatic heterocycles. The molecular formula is C23H18N4OS2. The summed E-state index contributed by atoms with van der Waals surface area (Å²) in [7, 11) is 0. The Labute approximate surface area is 181 Å². The predicted molar refractivity (Wildman–Crippen MR) is 123 cm³/mol. The molecule has 0 radical (unpaired) electrons. The molecule has 0 aliphatic rings. The summed E-state index contributed by atoms with van der Waals surface area (Å²) in [5.74, 6) is -0.105. The first-order valence-corrected chi connectivity index (χ1v) is 11.3. The van der Waals surface area contributed by atoms with Crippen molar-refractivity contribution in [1.82, 2.24) is 15.0 Å². The average Bonchev–Trinajstić information content (AvgIpc) is 3.49. The van der Waals surface area contributed by atoms with Gasteiger partial charge in [-0.3, -0.25) is 4.79 Å². The molecule has 0 spiro atoms. The van der Waals surface area contributed by atoms with E-state index in [0.29, 0.717) is 5.13 Å². The monoisotopic (exact) mass is 430 g/mol. The van der Waals surface area contributed by atoms with Crippen molar-refractivity contribution in [3.05, 3.63) is 87.8 Å². The van der Waals surface area contributed by atoms with Crippen LogP contribution in [0.4, 0.5) is 5.13 Å². The highest BCUT2D eigenvalue weighted by Gasteiger charge is 2.13. The van der Waals surface area contributed by atoms with E-state index in [-0.39, 0.29) is 12.3 Å². The Kier molecular flexibility index (Phi) is 5.13. The van der Waals surface area contributed by atoms with E-state index in [0.717, 1.165) is 39.3 Å². The molecule has 0 unspecified atom stereocenters. The van der Waals surface area contributed by atoms with Gasteiger partial charge in [0.1, 0.15) is 0 Å². The molecule has 0 atom stereocenters. The van der Waals surface area contributed by atoms with E-state index >= 15 is 0 Å². The van der Waals surface area contributed by atoms with E-state index in [1.54, 1.807) is 11.3 Å². The number of hydrogen-bond donors (Lipinski definition) is 2. The Morgan fingerprint density at radius 1 is 0.967 bits per heavy atom. The number of nitrogens with zero attached hydrogens (tertiary/aromatic N) is 2. The third-order valence-electron chi connectivity index (χ3n) is 4.75. The molecule has 0 fully saturated rings. The van der Waals surface area contributed by atoms with Crippen LogP contribution in [-0.2, 0) is 17.6 Å². The Morgan fingerprint density at radius 3 is 2.70 bits per heavy atom. The summed E-state index contributed by atoms with van der Waals surface area (Å²) in [6.45, 7) is 0. The van der Waals surface area contributed by atoms with Gasteiger partial charge in [-0.05, 0) is 11.6 Å². The van der Waals surface area contributed by atoms with Gasteiger partial charge in [-0.1, -0.05) is 48.5 Å². The first-order valence-electron chi connectivity index (χ1n) is 9.54. The van der Waals surface area contributed by atoms with Crippen LogP contribution in [0.2, 0.25) is 0 Å². The van der Waals surface area contributed by atoms with Gasteiger partial charge < -0.3 is 10.3 Å². The first-order chi connectivity index (χ1) is 14.7. The molecule has 3 aromatic heterocycles. The van der Waals surface area contributed by atoms with Crippen LogP contribution in [0.1, 0.15) is 16.3 Å². The molecule has 2 N–H and O–H groups in total. The largest absolute Gasteiger partial charge is 0.360 e. The van der Waals surface area contributed by atoms with Gasteiger partial charge >= 0.3 is 0 Å². The summed E-state index contributed by atoms with van der Waals surface area (Å²) in [6, 6.07) is 18.3. The van der Waals surface area contributed by atoms with Gasteiger partial charge in [0.25, 0.3) is 0 Å². The van der Waals surface area contributed by atoms with Crippen molar-refractivity contribution >= 4 is 44.6 Å². The third-order valence-corrected chi connectivity index (χ3v) is 6.41. The second-order valence-electron chi connectivity index (χ2n) is 6.91. The van der Waals surface area contributed by atoms with Crippen LogP contribution in [0, 0.1) is 0 Å². The number of para-hydroxylation sites is 1. The lowest BCUT2D eigenvalue weighted by molar-refractivity contribution is -0.115. The molecule has 7 heteroatoms. The van der Waals surface area contributed by atoms with Gasteiger partial charge in [0.2, 0.25) is 5.91 Å². The molecule has 0 saturated heterocycles. The van der Waals surface area contributed by atoms with Gasteiger partial charge in [0.15, 0.2) is 5.13 Å². The number of aromatic amines is 1. The molecule has 30 heavy (non-hydrogen) atoms. The van der Waals surface area contributed by atoms with E-state index in [9.17, 15) is 4.79 Å². The number of carbonyl (C=O) groups excluding carboxylic acids is 1. The summed E-state index contributed by atoms with van der Waals surface area (Å²) in [5, 5.41) is 9.55. The van der Waals surface area contributed by atoms with Crippen LogP contribution in [-0.4, -0.2) is 20.9 Å². The molecule has 0 saturated carbocycles. The van der Waals surface area contributed by atoms with E-state index in [2.05, 4.69) is 38.5 Å². The van der Waals surface area contributed by atoms with Crippen LogP contribution >= 0.6 is 22.7 Å². The van der Waals surface area contributed by atoms with Crippen LogP contribution in [0.15, 0.2) is 71.6 Å². The fourth-order valence-electron chi connectivity index (χ4n) is 3.35. The topological polar surface area (TPSA) is 70.7 Å². The second kappa shape index (κ2) is 8.22. The molecule has 1 amide bonds. The van der Waals surface area contributed by atoms with Crippen LogP contribution in [0.3, 0.4) is 0 Å². The Hall–Kier alpha value is -3.29. The predicted octanol–water partition coefficient (Wildman–Crippen LogP) is 5.52. The van der Waals surface area contributed by atoms with Crippen molar-refractivity contribution in [3.63, 3.8) is 0 Å². The number of benzene rings is 2. The molecule has 5 rings (SSSR count). The summed E-state index contributed by atoms with van der Waals surface area (Å²) in [5.41, 5.74) is 4.96. The zero-order chi connectivity index (χ0) is 20.3. The molecule has 0 bridgehead atoms. The fourth-order valence-corrected chi connectivity index (χ4v) is 4.90. The Balaban J connectivity index is 1.23. The van der Waals surface area contributed by atoms with Crippen molar-refractivity contribution in [1.29, 1.82) is 0 Å². The number of amides is 1. The molecule has 0 aliphatic carbocycles. The average molecular weight is 431 g/mol. The maximum absolute atomic E-state index is 12.5. The van der Waals surface area contributed by atoms with Gasteiger partial charge in [0, 0.05) is 39.8 Å². The van der Waals surface area contributed by atoms with Gasteiger partial charge in [-0.15, -0.1) is 22.7 Å². The maximum atomic E-state index is 12.5. The zero-order valence-electron chi connectivity index (χ0n) is 16.0. The minimum absolute atomic E-state index is 0.105. The summed E-state index contributed by atoms with van der Waals surface area (Å²) in [6.07, 6.45) is 2.98. The van der Waals surface area contributed by atoms with E-state index < -0.39 is 0 Å². The number of H-pyrrole nitrogens is 1. The van der Waals surface area contributed by atoms with Crippen molar-refractivity contribution in [2.75, 3.05) is 5.32 Å². The molecule has 2 aromatic carbocycles. The molecule has 5 nitrogen and oxygen atoms in total. The van der Waals surface area contributed by atoms with E-state index in [1.165, 1.54) is 16.9 Å². The number of rotatable bonds is 6. The van der Waals surface area contributed by atoms with Crippen LogP contribution < -0.4 is 5.32 Å². The number of anilines is 1. The van der Waals surface area contributed by atoms with E-state index in [4.69, 9.17) is 0 Å². The number of carbonyl (C=O) groups is 1. The molecule has 3 heterocycles.